The van der Waals surface area contributed by atoms with Gasteiger partial charge in [0.25, 0.3) is 0 Å². The number of rotatable bonds is 3. The van der Waals surface area contributed by atoms with Crippen molar-refractivity contribution in [2.45, 2.75) is 25.3 Å². The summed E-state index contributed by atoms with van der Waals surface area (Å²) >= 11 is 0. The lowest BCUT2D eigenvalue weighted by Gasteiger charge is -2.09. The molecular formula is C10H14N4O. The average Bonchev–Trinajstić information content (AvgIpc) is 2.71. The molecule has 5 nitrogen and oxygen atoms in total. The molecule has 1 atom stereocenters. The molecule has 1 aliphatic rings. The van der Waals surface area contributed by atoms with Crippen LogP contribution in [-0.2, 0) is 4.79 Å². The van der Waals surface area contributed by atoms with E-state index >= 15 is 0 Å². The zero-order chi connectivity index (χ0) is 10.5. The molecule has 1 aliphatic heterocycles. The number of carbonyl (C=O) groups is 1. The standard InChI is InChI=1S/C10H14N4O/c15-10(7-8-3-1-5-11-8)13-9-4-2-6-12-14-9/h2,4,6,8,11H,1,3,5,7H2,(H,13,14,15). The SMILES string of the molecule is O=C(CC1CCCN1)Nc1cccnn1. The summed E-state index contributed by atoms with van der Waals surface area (Å²) in [6, 6.07) is 3.80. The molecular weight excluding hydrogens is 192 g/mol. The summed E-state index contributed by atoms with van der Waals surface area (Å²) in [6.45, 7) is 1.02. The predicted molar refractivity (Wildman–Crippen MR) is 56.3 cm³/mol. The van der Waals surface area contributed by atoms with Crippen LogP contribution in [-0.4, -0.2) is 28.7 Å². The van der Waals surface area contributed by atoms with Crippen LogP contribution in [0.25, 0.3) is 0 Å². The second-order valence-electron chi connectivity index (χ2n) is 3.65. The summed E-state index contributed by atoms with van der Waals surface area (Å²) in [5, 5.41) is 13.5. The first-order chi connectivity index (χ1) is 7.34. The van der Waals surface area contributed by atoms with E-state index in [0.717, 1.165) is 19.4 Å². The Labute approximate surface area is 88.3 Å². The summed E-state index contributed by atoms with van der Waals surface area (Å²) in [5.41, 5.74) is 0. The molecule has 2 N–H and O–H groups in total. The summed E-state index contributed by atoms with van der Waals surface area (Å²) in [7, 11) is 0. The van der Waals surface area contributed by atoms with Crippen LogP contribution in [0.15, 0.2) is 18.3 Å². The van der Waals surface area contributed by atoms with E-state index in [1.165, 1.54) is 0 Å². The smallest absolute Gasteiger partial charge is 0.227 e. The van der Waals surface area contributed by atoms with Crippen LogP contribution < -0.4 is 10.6 Å². The lowest BCUT2D eigenvalue weighted by atomic mass is 10.1. The van der Waals surface area contributed by atoms with Gasteiger partial charge in [0.05, 0.1) is 0 Å². The van der Waals surface area contributed by atoms with Gasteiger partial charge in [-0.25, -0.2) is 0 Å². The van der Waals surface area contributed by atoms with Gasteiger partial charge in [-0.1, -0.05) is 0 Å². The second-order valence-corrected chi connectivity index (χ2v) is 3.65. The molecule has 0 bridgehead atoms. The molecule has 0 aromatic carbocycles. The highest BCUT2D eigenvalue weighted by atomic mass is 16.1. The van der Waals surface area contributed by atoms with Gasteiger partial charge in [0.1, 0.15) is 0 Å². The molecule has 1 aromatic rings. The minimum Gasteiger partial charge on any atom is -0.313 e. The Morgan fingerprint density at radius 3 is 3.27 bits per heavy atom. The van der Waals surface area contributed by atoms with Crippen molar-refractivity contribution in [2.75, 3.05) is 11.9 Å². The number of nitrogens with one attached hydrogen (secondary N) is 2. The molecule has 1 fully saturated rings. The fourth-order valence-corrected chi connectivity index (χ4v) is 1.72. The third-order valence-electron chi connectivity index (χ3n) is 2.43. The zero-order valence-corrected chi connectivity index (χ0v) is 8.44. The zero-order valence-electron chi connectivity index (χ0n) is 8.44. The summed E-state index contributed by atoms with van der Waals surface area (Å²) < 4.78 is 0. The first kappa shape index (κ1) is 10.0. The van der Waals surface area contributed by atoms with E-state index < -0.39 is 0 Å². The van der Waals surface area contributed by atoms with Crippen molar-refractivity contribution in [3.05, 3.63) is 18.3 Å². The maximum atomic E-state index is 11.5. The van der Waals surface area contributed by atoms with Crippen LogP contribution in [0.1, 0.15) is 19.3 Å². The molecule has 0 spiro atoms. The van der Waals surface area contributed by atoms with E-state index in [0.29, 0.717) is 18.3 Å². The van der Waals surface area contributed by atoms with Gasteiger partial charge in [-0.05, 0) is 31.5 Å². The molecule has 0 saturated carbocycles. The Balaban J connectivity index is 1.82. The Bertz CT molecular complexity index is 321. The van der Waals surface area contributed by atoms with Crippen molar-refractivity contribution >= 4 is 11.7 Å². The first-order valence-electron chi connectivity index (χ1n) is 5.15. The van der Waals surface area contributed by atoms with Crippen molar-refractivity contribution in [2.24, 2.45) is 0 Å². The predicted octanol–water partition coefficient (Wildman–Crippen LogP) is 0.557. The molecule has 1 aromatic heterocycles. The highest BCUT2D eigenvalue weighted by molar-refractivity contribution is 5.90. The largest absolute Gasteiger partial charge is 0.313 e. The van der Waals surface area contributed by atoms with Gasteiger partial charge in [0.2, 0.25) is 5.91 Å². The molecule has 1 saturated heterocycles. The summed E-state index contributed by atoms with van der Waals surface area (Å²) in [4.78, 5) is 11.5. The fourth-order valence-electron chi connectivity index (χ4n) is 1.72. The average molecular weight is 206 g/mol. The van der Waals surface area contributed by atoms with Crippen molar-refractivity contribution in [3.8, 4) is 0 Å². The van der Waals surface area contributed by atoms with Crippen LogP contribution in [0, 0.1) is 0 Å². The molecule has 1 amide bonds. The minimum atomic E-state index is -0.00472. The van der Waals surface area contributed by atoms with E-state index in [2.05, 4.69) is 20.8 Å². The quantitative estimate of drug-likeness (QED) is 0.758. The fraction of sp³-hybridized carbons (Fsp3) is 0.500. The normalized spacial score (nSPS) is 20.1. The molecule has 80 valence electrons. The minimum absolute atomic E-state index is 0.00472. The van der Waals surface area contributed by atoms with Gasteiger partial charge in [-0.2, -0.15) is 5.10 Å². The van der Waals surface area contributed by atoms with Gasteiger partial charge in [-0.3, -0.25) is 4.79 Å². The molecule has 0 aliphatic carbocycles. The van der Waals surface area contributed by atoms with E-state index in [-0.39, 0.29) is 5.91 Å². The molecule has 0 radical (unpaired) electrons. The lowest BCUT2D eigenvalue weighted by molar-refractivity contribution is -0.116. The van der Waals surface area contributed by atoms with Gasteiger partial charge >= 0.3 is 0 Å². The second kappa shape index (κ2) is 4.84. The maximum absolute atomic E-state index is 11.5. The van der Waals surface area contributed by atoms with Gasteiger partial charge in [-0.15, -0.1) is 5.10 Å². The van der Waals surface area contributed by atoms with E-state index in [4.69, 9.17) is 0 Å². The van der Waals surface area contributed by atoms with Crippen molar-refractivity contribution in [3.63, 3.8) is 0 Å². The topological polar surface area (TPSA) is 66.9 Å². The Kier molecular flexibility index (Phi) is 3.24. The Morgan fingerprint density at radius 2 is 2.60 bits per heavy atom. The van der Waals surface area contributed by atoms with E-state index in [1.807, 2.05) is 0 Å². The number of aromatic nitrogens is 2. The van der Waals surface area contributed by atoms with Crippen molar-refractivity contribution in [1.29, 1.82) is 0 Å². The Hall–Kier alpha value is -1.49. The van der Waals surface area contributed by atoms with Crippen LogP contribution in [0.2, 0.25) is 0 Å². The summed E-state index contributed by atoms with van der Waals surface area (Å²) in [6.07, 6.45) is 4.32. The van der Waals surface area contributed by atoms with Crippen molar-refractivity contribution < 1.29 is 4.79 Å². The number of carbonyl (C=O) groups excluding carboxylic acids is 1. The van der Waals surface area contributed by atoms with Gasteiger partial charge < -0.3 is 10.6 Å². The van der Waals surface area contributed by atoms with Crippen LogP contribution in [0.5, 0.6) is 0 Å². The van der Waals surface area contributed by atoms with Crippen molar-refractivity contribution in [1.82, 2.24) is 15.5 Å². The van der Waals surface area contributed by atoms with Crippen LogP contribution in [0.3, 0.4) is 0 Å². The van der Waals surface area contributed by atoms with Crippen LogP contribution >= 0.6 is 0 Å². The van der Waals surface area contributed by atoms with Gasteiger partial charge in [0, 0.05) is 18.7 Å². The van der Waals surface area contributed by atoms with E-state index in [9.17, 15) is 4.79 Å². The number of amides is 1. The third kappa shape index (κ3) is 2.99. The monoisotopic (exact) mass is 206 g/mol. The molecule has 2 rings (SSSR count). The molecule has 1 unspecified atom stereocenters. The number of anilines is 1. The van der Waals surface area contributed by atoms with Gasteiger partial charge in [0.15, 0.2) is 5.82 Å². The summed E-state index contributed by atoms with van der Waals surface area (Å²) in [5.74, 6) is 0.510. The number of nitrogens with zero attached hydrogens (tertiary/aromatic N) is 2. The Morgan fingerprint density at radius 1 is 1.67 bits per heavy atom. The highest BCUT2D eigenvalue weighted by Crippen LogP contribution is 2.09. The third-order valence-corrected chi connectivity index (χ3v) is 2.43. The van der Waals surface area contributed by atoms with E-state index in [1.54, 1.807) is 18.3 Å². The number of hydrogen-bond donors (Lipinski definition) is 2. The maximum Gasteiger partial charge on any atom is 0.227 e. The number of hydrogen-bond acceptors (Lipinski definition) is 4. The highest BCUT2D eigenvalue weighted by Gasteiger charge is 2.17. The molecule has 5 heteroatoms. The first-order valence-corrected chi connectivity index (χ1v) is 5.15. The molecule has 2 heterocycles. The lowest BCUT2D eigenvalue weighted by Crippen LogP contribution is -2.27. The molecule has 15 heavy (non-hydrogen) atoms. The van der Waals surface area contributed by atoms with Crippen LogP contribution in [0.4, 0.5) is 5.82 Å².